The van der Waals surface area contributed by atoms with Crippen molar-refractivity contribution in [2.24, 2.45) is 0 Å². The molecule has 0 radical (unpaired) electrons. The van der Waals surface area contributed by atoms with Crippen LogP contribution in [0.5, 0.6) is 0 Å². The molecule has 1 aliphatic heterocycles. The minimum Gasteiger partial charge on any atom is -0.465 e. The second-order valence-corrected chi connectivity index (χ2v) is 10.6. The summed E-state index contributed by atoms with van der Waals surface area (Å²) < 4.78 is 9.61. The number of amides is 2. The van der Waals surface area contributed by atoms with Crippen molar-refractivity contribution < 1.29 is 33.5 Å². The molecule has 3 aromatic rings. The lowest BCUT2D eigenvalue weighted by Gasteiger charge is -2.35. The summed E-state index contributed by atoms with van der Waals surface area (Å²) in [6.07, 6.45) is -0.650. The van der Waals surface area contributed by atoms with Crippen molar-refractivity contribution in [3.63, 3.8) is 0 Å². The van der Waals surface area contributed by atoms with Gasteiger partial charge in [-0.25, -0.2) is 19.6 Å². The molecule has 0 spiro atoms. The molecule has 13 heteroatoms. The molecule has 4 rings (SSSR count). The van der Waals surface area contributed by atoms with Crippen LogP contribution in [0.4, 0.5) is 10.6 Å². The van der Waals surface area contributed by atoms with Crippen LogP contribution < -0.4 is 10.6 Å². The van der Waals surface area contributed by atoms with Gasteiger partial charge in [-0.3, -0.25) is 9.59 Å². The van der Waals surface area contributed by atoms with E-state index in [1.165, 1.54) is 12.2 Å². The van der Waals surface area contributed by atoms with Crippen LogP contribution in [0, 0.1) is 0 Å². The molecule has 0 unspecified atom stereocenters. The van der Waals surface area contributed by atoms with Crippen LogP contribution in [0.1, 0.15) is 47.2 Å². The Morgan fingerprint density at radius 2 is 1.62 bits per heavy atom. The number of carbonyl (C=O) groups excluding carboxylic acids is 4. The quantitative estimate of drug-likeness (QED) is 0.305. The SMILES string of the molecule is CCOC(=O)ON1CCN(C(=O)[C@H](Cc2ccc(C(=O)OC)cc2)NC(=O)c2cc(NC(C)C)nc(-c3ccccc3)n2)CC1. The highest BCUT2D eigenvalue weighted by Gasteiger charge is 2.31. The van der Waals surface area contributed by atoms with Crippen molar-refractivity contribution in [2.75, 3.05) is 45.2 Å². The van der Waals surface area contributed by atoms with Gasteiger partial charge >= 0.3 is 12.1 Å². The third kappa shape index (κ3) is 9.22. The normalized spacial score (nSPS) is 13.9. The highest BCUT2D eigenvalue weighted by Crippen LogP contribution is 2.19. The van der Waals surface area contributed by atoms with Crippen molar-refractivity contribution in [2.45, 2.75) is 39.3 Å². The van der Waals surface area contributed by atoms with E-state index in [9.17, 15) is 19.2 Å². The van der Waals surface area contributed by atoms with E-state index in [1.807, 2.05) is 44.2 Å². The van der Waals surface area contributed by atoms with E-state index in [4.69, 9.17) is 14.3 Å². The number of hydroxylamine groups is 2. The molecule has 2 aromatic carbocycles. The standard InChI is InChI=1S/C32H38N6O7/c1-5-44-32(42)45-38-17-15-37(16-18-38)30(40)26(19-22-11-13-24(14-12-22)31(41)43-4)35-29(39)25-20-27(33-21(2)3)36-28(34-25)23-9-7-6-8-10-23/h6-14,20-21,26H,5,15-19H2,1-4H3,(H,35,39)(H,33,34,36)/t26-/m0/s1. The molecule has 0 bridgehead atoms. The lowest BCUT2D eigenvalue weighted by molar-refractivity contribution is -0.157. The Hall–Kier alpha value is -5.04. The fourth-order valence-corrected chi connectivity index (χ4v) is 4.68. The number of piperazine rings is 1. The van der Waals surface area contributed by atoms with Gasteiger partial charge in [-0.2, -0.15) is 0 Å². The zero-order chi connectivity index (χ0) is 32.3. The van der Waals surface area contributed by atoms with Crippen molar-refractivity contribution in [3.05, 3.63) is 77.5 Å². The maximum Gasteiger partial charge on any atom is 0.527 e. The van der Waals surface area contributed by atoms with Gasteiger partial charge in [-0.05, 0) is 38.5 Å². The summed E-state index contributed by atoms with van der Waals surface area (Å²) in [5.74, 6) is -0.494. The van der Waals surface area contributed by atoms with Gasteiger partial charge in [-0.15, -0.1) is 5.06 Å². The molecule has 0 saturated carbocycles. The van der Waals surface area contributed by atoms with Crippen LogP contribution in [-0.4, -0.2) is 95.8 Å². The van der Waals surface area contributed by atoms with Gasteiger partial charge in [0.05, 0.1) is 32.4 Å². The molecule has 2 amide bonds. The summed E-state index contributed by atoms with van der Waals surface area (Å²) in [4.78, 5) is 67.1. The number of hydrogen-bond donors (Lipinski definition) is 2. The minimum atomic E-state index is -0.962. The summed E-state index contributed by atoms with van der Waals surface area (Å²) in [6, 6.07) is 16.6. The number of rotatable bonds is 11. The fourth-order valence-electron chi connectivity index (χ4n) is 4.68. The van der Waals surface area contributed by atoms with Crippen molar-refractivity contribution >= 4 is 29.8 Å². The molecular weight excluding hydrogens is 580 g/mol. The van der Waals surface area contributed by atoms with Crippen LogP contribution in [0.15, 0.2) is 60.7 Å². The number of anilines is 1. The number of esters is 1. The Bertz CT molecular complexity index is 1480. The Morgan fingerprint density at radius 3 is 2.24 bits per heavy atom. The zero-order valence-electron chi connectivity index (χ0n) is 25.8. The van der Waals surface area contributed by atoms with Gasteiger partial charge < -0.3 is 29.8 Å². The smallest absolute Gasteiger partial charge is 0.465 e. The van der Waals surface area contributed by atoms with E-state index < -0.39 is 24.1 Å². The zero-order valence-corrected chi connectivity index (χ0v) is 25.8. The van der Waals surface area contributed by atoms with E-state index in [0.29, 0.717) is 17.2 Å². The Morgan fingerprint density at radius 1 is 0.933 bits per heavy atom. The van der Waals surface area contributed by atoms with E-state index in [-0.39, 0.29) is 56.8 Å². The van der Waals surface area contributed by atoms with Gasteiger partial charge in [0.1, 0.15) is 17.6 Å². The van der Waals surface area contributed by atoms with Crippen LogP contribution in [0.2, 0.25) is 0 Å². The summed E-state index contributed by atoms with van der Waals surface area (Å²) in [7, 11) is 1.30. The fraction of sp³-hybridized carbons (Fsp3) is 0.375. The molecule has 45 heavy (non-hydrogen) atoms. The topological polar surface area (TPSA) is 152 Å². The van der Waals surface area contributed by atoms with E-state index in [0.717, 1.165) is 11.1 Å². The molecule has 238 valence electrons. The first-order chi connectivity index (χ1) is 21.7. The average Bonchev–Trinajstić information content (AvgIpc) is 3.04. The molecule has 1 fully saturated rings. The van der Waals surface area contributed by atoms with Gasteiger partial charge in [0.25, 0.3) is 5.91 Å². The van der Waals surface area contributed by atoms with Gasteiger partial charge in [0.2, 0.25) is 5.91 Å². The minimum absolute atomic E-state index is 0.0493. The van der Waals surface area contributed by atoms with Crippen LogP contribution in [0.3, 0.4) is 0 Å². The maximum atomic E-state index is 13.9. The number of ether oxygens (including phenoxy) is 2. The Balaban J connectivity index is 1.57. The predicted molar refractivity (Wildman–Crippen MR) is 165 cm³/mol. The number of nitrogens with zero attached hydrogens (tertiary/aromatic N) is 4. The first-order valence-electron chi connectivity index (χ1n) is 14.7. The Labute approximate surface area is 261 Å². The van der Waals surface area contributed by atoms with Crippen LogP contribution >= 0.6 is 0 Å². The van der Waals surface area contributed by atoms with Crippen molar-refractivity contribution in [3.8, 4) is 11.4 Å². The molecular formula is C32H38N6O7. The summed E-state index contributed by atoms with van der Waals surface area (Å²) in [6.45, 7) is 6.86. The maximum absolute atomic E-state index is 13.9. The first kappa shape index (κ1) is 32.9. The lowest BCUT2D eigenvalue weighted by atomic mass is 10.0. The molecule has 0 aliphatic carbocycles. The summed E-state index contributed by atoms with van der Waals surface area (Å²) in [5, 5.41) is 7.56. The highest BCUT2D eigenvalue weighted by atomic mass is 16.8. The average molecular weight is 619 g/mol. The number of benzene rings is 2. The van der Waals surface area contributed by atoms with E-state index >= 15 is 0 Å². The molecule has 1 aromatic heterocycles. The number of nitrogens with one attached hydrogen (secondary N) is 2. The molecule has 13 nitrogen and oxygen atoms in total. The predicted octanol–water partition coefficient (Wildman–Crippen LogP) is 3.32. The lowest BCUT2D eigenvalue weighted by Crippen LogP contribution is -2.55. The number of hydrogen-bond acceptors (Lipinski definition) is 11. The van der Waals surface area contributed by atoms with Crippen LogP contribution in [0.25, 0.3) is 11.4 Å². The molecule has 1 saturated heterocycles. The first-order valence-corrected chi connectivity index (χ1v) is 14.7. The molecule has 1 aliphatic rings. The third-order valence-electron chi connectivity index (χ3n) is 6.86. The second kappa shape index (κ2) is 15.6. The number of carbonyl (C=O) groups is 4. The molecule has 1 atom stereocenters. The van der Waals surface area contributed by atoms with Gasteiger partial charge in [0, 0.05) is 37.2 Å². The summed E-state index contributed by atoms with van der Waals surface area (Å²) >= 11 is 0. The number of methoxy groups -OCH3 is 1. The van der Waals surface area contributed by atoms with Gasteiger partial charge in [-0.1, -0.05) is 42.5 Å². The second-order valence-electron chi connectivity index (χ2n) is 10.6. The largest absolute Gasteiger partial charge is 0.527 e. The van der Waals surface area contributed by atoms with E-state index in [1.54, 1.807) is 42.2 Å². The van der Waals surface area contributed by atoms with Crippen LogP contribution in [-0.2, 0) is 25.5 Å². The van der Waals surface area contributed by atoms with E-state index in [2.05, 4.69) is 20.6 Å². The molecule has 2 N–H and O–H groups in total. The van der Waals surface area contributed by atoms with Gasteiger partial charge in [0.15, 0.2) is 5.82 Å². The third-order valence-corrected chi connectivity index (χ3v) is 6.86. The Kier molecular flexibility index (Phi) is 11.4. The van der Waals surface area contributed by atoms with Crippen molar-refractivity contribution in [1.82, 2.24) is 25.2 Å². The number of aromatic nitrogens is 2. The van der Waals surface area contributed by atoms with Crippen molar-refractivity contribution in [1.29, 1.82) is 0 Å². The summed E-state index contributed by atoms with van der Waals surface area (Å²) in [5.41, 5.74) is 1.92. The molecule has 2 heterocycles. The highest BCUT2D eigenvalue weighted by molar-refractivity contribution is 5.97. The monoisotopic (exact) mass is 618 g/mol.